The Morgan fingerprint density at radius 1 is 0.392 bits per heavy atom. The quantitative estimate of drug-likeness (QED) is 0.0171. The van der Waals surface area contributed by atoms with Crippen LogP contribution < -0.4 is 0 Å². The summed E-state index contributed by atoms with van der Waals surface area (Å²) in [6.45, 7) is 2.67. The summed E-state index contributed by atoms with van der Waals surface area (Å²) in [6.07, 6.45) is 39.5. The number of unbranched alkanes of at least 4 members (excludes halogenated alkanes) is 38. The Balaban J connectivity index is 1.69. The Bertz CT molecular complexity index is 1420. The van der Waals surface area contributed by atoms with Crippen molar-refractivity contribution in [2.75, 3.05) is 26.4 Å². The highest BCUT2D eigenvalue weighted by molar-refractivity contribution is 5.70. The van der Waals surface area contributed by atoms with Crippen LogP contribution in [0.4, 0.5) is 0 Å². The molecule has 2 aliphatic heterocycles. The lowest BCUT2D eigenvalue weighted by Crippen LogP contribution is -2.61. The topological polar surface area (TPSA) is 231 Å². The van der Waals surface area contributed by atoms with Gasteiger partial charge in [-0.3, -0.25) is 9.59 Å². The van der Waals surface area contributed by atoms with Crippen molar-refractivity contribution in [2.45, 2.75) is 357 Å². The maximum atomic E-state index is 13.1. The van der Waals surface area contributed by atoms with Crippen LogP contribution in [-0.2, 0) is 38.0 Å². The first-order valence-corrected chi connectivity index (χ1v) is 32.8. The van der Waals surface area contributed by atoms with Crippen molar-refractivity contribution in [1.82, 2.24) is 0 Å². The number of aliphatic hydroxyl groups is 7. The minimum absolute atomic E-state index is 0.168. The summed E-state index contributed by atoms with van der Waals surface area (Å²) >= 11 is 0. The van der Waals surface area contributed by atoms with E-state index in [1.165, 1.54) is 212 Å². The van der Waals surface area contributed by atoms with Crippen molar-refractivity contribution in [2.24, 2.45) is 0 Å². The summed E-state index contributed by atoms with van der Waals surface area (Å²) in [5, 5.41) is 72.5. The maximum absolute atomic E-state index is 13.1. The van der Waals surface area contributed by atoms with Crippen molar-refractivity contribution < 1.29 is 73.8 Å². The second kappa shape index (κ2) is 50.7. The zero-order chi connectivity index (χ0) is 57.4. The molecule has 15 nitrogen and oxygen atoms in total. The summed E-state index contributed by atoms with van der Waals surface area (Å²) in [6, 6.07) is 0. The second-order valence-electron chi connectivity index (χ2n) is 23.3. The molecule has 466 valence electrons. The fourth-order valence-electron chi connectivity index (χ4n) is 10.7. The highest BCUT2D eigenvalue weighted by Crippen LogP contribution is 2.27. The van der Waals surface area contributed by atoms with Crippen molar-refractivity contribution in [3.05, 3.63) is 12.2 Å². The molecule has 79 heavy (non-hydrogen) atoms. The molecule has 15 heteroatoms. The Kier molecular flexibility index (Phi) is 47.1. The lowest BCUT2D eigenvalue weighted by molar-refractivity contribution is -0.332. The normalized spacial score (nSPS) is 23.9. The van der Waals surface area contributed by atoms with Crippen molar-refractivity contribution in [1.29, 1.82) is 0 Å². The Labute approximate surface area is 480 Å². The molecule has 2 rings (SSSR count). The number of carbonyl (C=O) groups is 2. The number of aliphatic hydroxyl groups excluding tert-OH is 7. The van der Waals surface area contributed by atoms with Gasteiger partial charge in [-0.05, 0) is 38.5 Å². The molecule has 2 aliphatic rings. The molecule has 0 aromatic heterocycles. The fourth-order valence-corrected chi connectivity index (χ4v) is 10.7. The minimum Gasteiger partial charge on any atom is -0.462 e. The molecular weight excluding hydrogens is 1010 g/mol. The van der Waals surface area contributed by atoms with Crippen molar-refractivity contribution in [3.8, 4) is 0 Å². The van der Waals surface area contributed by atoms with E-state index < -0.39 is 92.7 Å². The SMILES string of the molecule is CCCCCCCCCC/C=C\CCCCCCCCCCCC(=O)OC(COC(=O)CCCCCCCCCCCCCCCCCCCCCCCC)COC1OC(COC2OC(CO)C(O)C(O)C2O)C(O)C(O)C1O. The van der Waals surface area contributed by atoms with E-state index in [1.54, 1.807) is 0 Å². The van der Waals surface area contributed by atoms with Gasteiger partial charge in [-0.15, -0.1) is 0 Å². The van der Waals surface area contributed by atoms with E-state index in [0.29, 0.717) is 12.8 Å². The van der Waals surface area contributed by atoms with E-state index in [2.05, 4.69) is 26.0 Å². The Morgan fingerprint density at radius 3 is 1.11 bits per heavy atom. The predicted octanol–water partition coefficient (Wildman–Crippen LogP) is 12.5. The monoisotopic (exact) mass is 1130 g/mol. The zero-order valence-corrected chi connectivity index (χ0v) is 50.1. The molecule has 11 atom stereocenters. The van der Waals surface area contributed by atoms with Crippen LogP contribution in [0.1, 0.15) is 290 Å². The molecule has 0 amide bonds. The molecule has 0 aromatic carbocycles. The first-order chi connectivity index (χ1) is 38.5. The molecular formula is C64H120O15. The summed E-state index contributed by atoms with van der Waals surface area (Å²) < 4.78 is 33.8. The molecule has 11 unspecified atom stereocenters. The second-order valence-corrected chi connectivity index (χ2v) is 23.3. The number of ether oxygens (including phenoxy) is 6. The largest absolute Gasteiger partial charge is 0.462 e. The van der Waals surface area contributed by atoms with Gasteiger partial charge in [-0.1, -0.05) is 251 Å². The van der Waals surface area contributed by atoms with Crippen LogP contribution in [0, 0.1) is 0 Å². The lowest BCUT2D eigenvalue weighted by atomic mass is 9.98. The summed E-state index contributed by atoms with van der Waals surface area (Å²) in [4.78, 5) is 26.0. The third-order valence-electron chi connectivity index (χ3n) is 16.0. The van der Waals surface area contributed by atoms with Gasteiger partial charge in [0.1, 0.15) is 55.4 Å². The van der Waals surface area contributed by atoms with Crippen molar-refractivity contribution >= 4 is 11.9 Å². The number of esters is 2. The number of hydrogen-bond acceptors (Lipinski definition) is 15. The Morgan fingerprint density at radius 2 is 0.722 bits per heavy atom. The van der Waals surface area contributed by atoms with Crippen LogP contribution in [0.5, 0.6) is 0 Å². The Hall–Kier alpha value is -1.76. The zero-order valence-electron chi connectivity index (χ0n) is 50.1. The molecule has 2 heterocycles. The average molecular weight is 1130 g/mol. The highest BCUT2D eigenvalue weighted by Gasteiger charge is 2.47. The average Bonchev–Trinajstić information content (AvgIpc) is 3.52. The molecule has 2 fully saturated rings. The standard InChI is InChI=1S/C64H120O15/c1-3-5-7-9-11-13-15-17-19-21-23-25-27-28-30-32-34-36-38-40-42-44-46-55(66)74-49-52(50-75-63-62(73)60(71)58(69)54(79-63)51-76-64-61(72)59(70)57(68)53(48-65)78-64)77-56(67)47-45-43-41-39-37-35-33-31-29-26-24-22-20-18-16-14-12-10-8-6-4-2/h22,24,52-54,57-65,68-73H,3-21,23,25-51H2,1-2H3/b24-22-. The van der Waals surface area contributed by atoms with E-state index in [4.69, 9.17) is 28.4 Å². The van der Waals surface area contributed by atoms with E-state index in [0.717, 1.165) is 38.5 Å². The van der Waals surface area contributed by atoms with Gasteiger partial charge in [0.2, 0.25) is 0 Å². The molecule has 0 aliphatic carbocycles. The maximum Gasteiger partial charge on any atom is 0.306 e. The van der Waals surface area contributed by atoms with Gasteiger partial charge >= 0.3 is 11.9 Å². The summed E-state index contributed by atoms with van der Waals surface area (Å²) in [7, 11) is 0. The third-order valence-corrected chi connectivity index (χ3v) is 16.0. The van der Waals surface area contributed by atoms with Gasteiger partial charge in [0.25, 0.3) is 0 Å². The molecule has 0 bridgehead atoms. The van der Waals surface area contributed by atoms with E-state index in [1.807, 2.05) is 0 Å². The molecule has 0 radical (unpaired) electrons. The van der Waals surface area contributed by atoms with Gasteiger partial charge in [-0.25, -0.2) is 0 Å². The summed E-state index contributed by atoms with van der Waals surface area (Å²) in [5.41, 5.74) is 0. The molecule has 0 saturated carbocycles. The fraction of sp³-hybridized carbons (Fsp3) is 0.938. The summed E-state index contributed by atoms with van der Waals surface area (Å²) in [5.74, 6) is -0.907. The van der Waals surface area contributed by atoms with Gasteiger partial charge in [0.15, 0.2) is 18.7 Å². The smallest absolute Gasteiger partial charge is 0.306 e. The van der Waals surface area contributed by atoms with Gasteiger partial charge in [0.05, 0.1) is 19.8 Å². The van der Waals surface area contributed by atoms with Gasteiger partial charge < -0.3 is 64.2 Å². The number of hydrogen-bond donors (Lipinski definition) is 7. The van der Waals surface area contributed by atoms with Crippen LogP contribution in [0.2, 0.25) is 0 Å². The first kappa shape index (κ1) is 73.3. The molecule has 7 N–H and O–H groups in total. The van der Waals surface area contributed by atoms with Gasteiger partial charge in [0, 0.05) is 12.8 Å². The molecule has 2 saturated heterocycles. The van der Waals surface area contributed by atoms with E-state index in [9.17, 15) is 45.3 Å². The number of rotatable bonds is 54. The number of carbonyl (C=O) groups excluding carboxylic acids is 2. The minimum atomic E-state index is -1.76. The molecule has 0 aromatic rings. The van der Waals surface area contributed by atoms with E-state index >= 15 is 0 Å². The van der Waals surface area contributed by atoms with E-state index in [-0.39, 0.29) is 26.1 Å². The number of allylic oxidation sites excluding steroid dienone is 2. The molecule has 0 spiro atoms. The van der Waals surface area contributed by atoms with Gasteiger partial charge in [-0.2, -0.15) is 0 Å². The highest BCUT2D eigenvalue weighted by atomic mass is 16.7. The third kappa shape index (κ3) is 37.2. The van der Waals surface area contributed by atoms with Crippen LogP contribution in [0.3, 0.4) is 0 Å². The van der Waals surface area contributed by atoms with Crippen LogP contribution in [0.15, 0.2) is 12.2 Å². The van der Waals surface area contributed by atoms with Crippen LogP contribution in [-0.4, -0.2) is 142 Å². The van der Waals surface area contributed by atoms with Crippen molar-refractivity contribution in [3.63, 3.8) is 0 Å². The first-order valence-electron chi connectivity index (χ1n) is 32.8. The van der Waals surface area contributed by atoms with Crippen LogP contribution >= 0.6 is 0 Å². The van der Waals surface area contributed by atoms with Crippen LogP contribution in [0.25, 0.3) is 0 Å². The predicted molar refractivity (Wildman–Crippen MR) is 312 cm³/mol. The lowest BCUT2D eigenvalue weighted by Gasteiger charge is -2.42.